The minimum absolute atomic E-state index is 0.173. The van der Waals surface area contributed by atoms with Crippen LogP contribution in [0.15, 0.2) is 24.3 Å². The zero-order valence-corrected chi connectivity index (χ0v) is 11.8. The van der Waals surface area contributed by atoms with Crippen LogP contribution < -0.4 is 0 Å². The van der Waals surface area contributed by atoms with Gasteiger partial charge in [0.1, 0.15) is 0 Å². The Morgan fingerprint density at radius 3 is 2.56 bits per heavy atom. The van der Waals surface area contributed by atoms with Crippen molar-refractivity contribution in [3.8, 4) is 6.07 Å². The largest absolute Gasteiger partial charge is 0.293 e. The summed E-state index contributed by atoms with van der Waals surface area (Å²) in [6.07, 6.45) is 1.44. The second kappa shape index (κ2) is 7.94. The summed E-state index contributed by atoms with van der Waals surface area (Å²) in [5.41, 5.74) is 2.04. The van der Waals surface area contributed by atoms with Crippen LogP contribution in [0, 0.1) is 11.3 Å². The Balaban J connectivity index is 2.40. The predicted molar refractivity (Wildman–Crippen MR) is 77.0 cm³/mol. The van der Waals surface area contributed by atoms with Gasteiger partial charge in [-0.2, -0.15) is 17.0 Å². The number of carbonyl (C=O) groups excluding carboxylic acids is 1. The molecule has 0 atom stereocenters. The number of benzene rings is 1. The maximum Gasteiger partial charge on any atom is 0.172 e. The summed E-state index contributed by atoms with van der Waals surface area (Å²) in [5, 5.41) is 8.40. The van der Waals surface area contributed by atoms with E-state index in [1.54, 1.807) is 11.8 Å². The van der Waals surface area contributed by atoms with Crippen molar-refractivity contribution in [2.45, 2.75) is 32.6 Å². The minimum Gasteiger partial charge on any atom is -0.293 e. The Morgan fingerprint density at radius 2 is 2.00 bits per heavy atom. The highest BCUT2D eigenvalue weighted by Crippen LogP contribution is 2.16. The summed E-state index contributed by atoms with van der Waals surface area (Å²) in [7, 11) is 0. The fourth-order valence-electron chi connectivity index (χ4n) is 1.56. The van der Waals surface area contributed by atoms with Gasteiger partial charge in [-0.05, 0) is 23.7 Å². The van der Waals surface area contributed by atoms with Crippen LogP contribution in [0.3, 0.4) is 0 Å². The fraction of sp³-hybridized carbons (Fsp3) is 0.467. The van der Waals surface area contributed by atoms with Gasteiger partial charge in [0.15, 0.2) is 5.78 Å². The summed E-state index contributed by atoms with van der Waals surface area (Å²) in [6, 6.07) is 9.98. The van der Waals surface area contributed by atoms with Gasteiger partial charge in [-0.25, -0.2) is 0 Å². The predicted octanol–water partition coefficient (Wildman–Crippen LogP) is 4.03. The molecule has 18 heavy (non-hydrogen) atoms. The van der Waals surface area contributed by atoms with E-state index in [9.17, 15) is 4.79 Å². The lowest BCUT2D eigenvalue weighted by molar-refractivity contribution is 0.102. The second-order valence-corrected chi connectivity index (χ2v) is 5.62. The third-order valence-corrected chi connectivity index (χ3v) is 3.75. The molecule has 0 heterocycles. The van der Waals surface area contributed by atoms with Gasteiger partial charge in [0.05, 0.1) is 11.8 Å². The van der Waals surface area contributed by atoms with E-state index in [1.807, 2.05) is 24.3 Å². The first kappa shape index (κ1) is 14.8. The summed E-state index contributed by atoms with van der Waals surface area (Å²) in [6.45, 7) is 4.28. The van der Waals surface area contributed by atoms with E-state index >= 15 is 0 Å². The molecular formula is C15H19NOS. The van der Waals surface area contributed by atoms with E-state index < -0.39 is 0 Å². The molecule has 0 aliphatic rings. The van der Waals surface area contributed by atoms with Crippen LogP contribution in [0.5, 0.6) is 0 Å². The van der Waals surface area contributed by atoms with Crippen molar-refractivity contribution in [3.63, 3.8) is 0 Å². The van der Waals surface area contributed by atoms with Crippen molar-refractivity contribution in [1.82, 2.24) is 0 Å². The Bertz CT molecular complexity index is 417. The van der Waals surface area contributed by atoms with Gasteiger partial charge in [0.25, 0.3) is 0 Å². The lowest BCUT2D eigenvalue weighted by atomic mass is 10.0. The number of nitriles is 1. The zero-order chi connectivity index (χ0) is 13.4. The van der Waals surface area contributed by atoms with Gasteiger partial charge in [-0.15, -0.1) is 0 Å². The van der Waals surface area contributed by atoms with E-state index in [0.717, 1.165) is 17.7 Å². The molecular weight excluding hydrogens is 242 g/mol. The molecule has 3 heteroatoms. The van der Waals surface area contributed by atoms with Gasteiger partial charge in [0, 0.05) is 12.0 Å². The maximum absolute atomic E-state index is 11.9. The summed E-state index contributed by atoms with van der Waals surface area (Å²) in [5.74, 6) is 2.05. The first-order chi connectivity index (χ1) is 8.65. The number of hydrogen-bond acceptors (Lipinski definition) is 3. The van der Waals surface area contributed by atoms with Crippen molar-refractivity contribution in [2.75, 3.05) is 11.5 Å². The van der Waals surface area contributed by atoms with Gasteiger partial charge in [-0.3, -0.25) is 4.79 Å². The molecule has 96 valence electrons. The molecule has 0 bridgehead atoms. The van der Waals surface area contributed by atoms with Gasteiger partial charge < -0.3 is 0 Å². The number of carbonyl (C=O) groups is 1. The average Bonchev–Trinajstić information content (AvgIpc) is 2.38. The van der Waals surface area contributed by atoms with Crippen LogP contribution in [-0.2, 0) is 0 Å². The maximum atomic E-state index is 11.9. The zero-order valence-electron chi connectivity index (χ0n) is 11.0. The monoisotopic (exact) mass is 261 g/mol. The first-order valence-electron chi connectivity index (χ1n) is 6.23. The number of Topliss-reactive ketones (excluding diaryl/α,β-unsaturated/α-hetero) is 1. The number of hydrogen-bond donors (Lipinski definition) is 0. The van der Waals surface area contributed by atoms with E-state index in [0.29, 0.717) is 18.1 Å². The molecule has 0 N–H and O–H groups in total. The van der Waals surface area contributed by atoms with E-state index in [4.69, 9.17) is 5.26 Å². The molecule has 0 aliphatic carbocycles. The molecule has 0 saturated heterocycles. The lowest BCUT2D eigenvalue weighted by Crippen LogP contribution is -2.03. The number of thioether (sulfide) groups is 1. The van der Waals surface area contributed by atoms with Crippen LogP contribution in [0.2, 0.25) is 0 Å². The van der Waals surface area contributed by atoms with Crippen LogP contribution in [0.25, 0.3) is 0 Å². The Morgan fingerprint density at radius 1 is 1.33 bits per heavy atom. The highest BCUT2D eigenvalue weighted by Gasteiger charge is 2.06. The second-order valence-electron chi connectivity index (χ2n) is 4.51. The third-order valence-electron chi connectivity index (χ3n) is 2.71. The normalized spacial score (nSPS) is 10.3. The van der Waals surface area contributed by atoms with Crippen molar-refractivity contribution in [2.24, 2.45) is 0 Å². The van der Waals surface area contributed by atoms with Crippen LogP contribution in [0.4, 0.5) is 0 Å². The molecule has 0 unspecified atom stereocenters. The summed E-state index contributed by atoms with van der Waals surface area (Å²) < 4.78 is 0. The van der Waals surface area contributed by atoms with Crippen LogP contribution in [-0.4, -0.2) is 17.3 Å². The van der Waals surface area contributed by atoms with Gasteiger partial charge >= 0.3 is 0 Å². The number of rotatable bonds is 7. The SMILES string of the molecule is CC(C)c1ccc(C(=O)CSCCCC#N)cc1. The molecule has 0 aliphatic heterocycles. The van der Waals surface area contributed by atoms with Crippen molar-refractivity contribution in [1.29, 1.82) is 5.26 Å². The van der Waals surface area contributed by atoms with Crippen molar-refractivity contribution >= 4 is 17.5 Å². The molecule has 0 saturated carbocycles. The molecule has 0 fully saturated rings. The smallest absolute Gasteiger partial charge is 0.172 e. The molecule has 0 radical (unpaired) electrons. The van der Waals surface area contributed by atoms with Crippen molar-refractivity contribution in [3.05, 3.63) is 35.4 Å². The summed E-state index contributed by atoms with van der Waals surface area (Å²) in [4.78, 5) is 11.9. The van der Waals surface area contributed by atoms with Gasteiger partial charge in [0.2, 0.25) is 0 Å². The van der Waals surface area contributed by atoms with Crippen LogP contribution >= 0.6 is 11.8 Å². The standard InChI is InChI=1S/C15H19NOS/c1-12(2)13-5-7-14(8-6-13)15(17)11-18-10-4-3-9-16/h5-8,12H,3-4,10-11H2,1-2H3. The van der Waals surface area contributed by atoms with Crippen molar-refractivity contribution < 1.29 is 4.79 Å². The Labute approximate surface area is 113 Å². The molecule has 0 amide bonds. The Hall–Kier alpha value is -1.27. The molecule has 0 aromatic heterocycles. The van der Waals surface area contributed by atoms with E-state index in [-0.39, 0.29) is 5.78 Å². The minimum atomic E-state index is 0.173. The fourth-order valence-corrected chi connectivity index (χ4v) is 2.40. The molecule has 0 spiro atoms. The lowest BCUT2D eigenvalue weighted by Gasteiger charge is -2.06. The average molecular weight is 261 g/mol. The highest BCUT2D eigenvalue weighted by molar-refractivity contribution is 7.99. The molecule has 1 aromatic carbocycles. The third kappa shape index (κ3) is 4.93. The van der Waals surface area contributed by atoms with Gasteiger partial charge in [-0.1, -0.05) is 38.1 Å². The number of unbranched alkanes of at least 4 members (excludes halogenated alkanes) is 1. The van der Waals surface area contributed by atoms with E-state index in [1.165, 1.54) is 5.56 Å². The summed E-state index contributed by atoms with van der Waals surface area (Å²) >= 11 is 1.61. The molecule has 1 rings (SSSR count). The van der Waals surface area contributed by atoms with E-state index in [2.05, 4.69) is 19.9 Å². The Kier molecular flexibility index (Phi) is 6.53. The van der Waals surface area contributed by atoms with Crippen LogP contribution in [0.1, 0.15) is 48.5 Å². The molecule has 2 nitrogen and oxygen atoms in total. The number of nitrogens with zero attached hydrogens (tertiary/aromatic N) is 1. The first-order valence-corrected chi connectivity index (χ1v) is 7.38. The topological polar surface area (TPSA) is 40.9 Å². The quantitative estimate of drug-likeness (QED) is 0.549. The molecule has 1 aromatic rings. The highest BCUT2D eigenvalue weighted by atomic mass is 32.2. The number of ketones is 1.